The summed E-state index contributed by atoms with van der Waals surface area (Å²) in [6.45, 7) is 3.96. The third-order valence-corrected chi connectivity index (χ3v) is 3.18. The highest BCUT2D eigenvalue weighted by molar-refractivity contribution is 7.12. The molecule has 0 fully saturated rings. The second-order valence-corrected chi connectivity index (χ2v) is 4.86. The lowest BCUT2D eigenvalue weighted by atomic mass is 10.3. The average Bonchev–Trinajstić information content (AvgIpc) is 2.60. The van der Waals surface area contributed by atoms with E-state index in [1.54, 1.807) is 18.3 Å². The van der Waals surface area contributed by atoms with Crippen molar-refractivity contribution in [3.63, 3.8) is 0 Å². The second-order valence-electron chi connectivity index (χ2n) is 3.49. The Bertz CT molecular complexity index is 386. The van der Waals surface area contributed by atoms with Crippen molar-refractivity contribution in [3.8, 4) is 0 Å². The van der Waals surface area contributed by atoms with Gasteiger partial charge in [0.1, 0.15) is 6.54 Å². The minimum absolute atomic E-state index is 0.133. The summed E-state index contributed by atoms with van der Waals surface area (Å²) in [6.07, 6.45) is 0.291. The highest BCUT2D eigenvalue weighted by Crippen LogP contribution is 2.16. The Morgan fingerprint density at radius 2 is 2.12 bits per heavy atom. The summed E-state index contributed by atoms with van der Waals surface area (Å²) in [7, 11) is 0. The quantitative estimate of drug-likeness (QED) is 0.850. The molecular formula is C11H15NO3S. The minimum Gasteiger partial charge on any atom is -0.480 e. The van der Waals surface area contributed by atoms with Gasteiger partial charge in [0.15, 0.2) is 0 Å². The Balaban J connectivity index is 2.59. The molecule has 0 atom stereocenters. The molecule has 0 bridgehead atoms. The first kappa shape index (κ1) is 12.7. The Labute approximate surface area is 98.5 Å². The van der Waals surface area contributed by atoms with Crippen LogP contribution in [0.4, 0.5) is 0 Å². The second kappa shape index (κ2) is 5.65. The van der Waals surface area contributed by atoms with Gasteiger partial charge < -0.3 is 10.0 Å². The van der Waals surface area contributed by atoms with Gasteiger partial charge in [-0.05, 0) is 26.0 Å². The number of aryl methyl sites for hydroxylation is 1. The molecule has 0 aliphatic heterocycles. The fourth-order valence-electron chi connectivity index (χ4n) is 1.38. The molecule has 5 heteroatoms. The predicted molar refractivity (Wildman–Crippen MR) is 62.6 cm³/mol. The SMILES string of the molecule is CCN(CC(=O)O)C(=O)Cc1ccc(C)s1. The number of carbonyl (C=O) groups is 2. The maximum atomic E-state index is 11.8. The number of likely N-dealkylation sites (N-methyl/N-ethyl adjacent to an activating group) is 1. The zero-order chi connectivity index (χ0) is 12.1. The molecule has 0 aromatic carbocycles. The van der Waals surface area contributed by atoms with Crippen LogP contribution in [-0.2, 0) is 16.0 Å². The summed E-state index contributed by atoms with van der Waals surface area (Å²) < 4.78 is 0. The summed E-state index contributed by atoms with van der Waals surface area (Å²) in [6, 6.07) is 3.87. The number of rotatable bonds is 5. The van der Waals surface area contributed by atoms with E-state index in [1.807, 2.05) is 19.1 Å². The van der Waals surface area contributed by atoms with Gasteiger partial charge in [0.2, 0.25) is 5.91 Å². The zero-order valence-electron chi connectivity index (χ0n) is 9.40. The average molecular weight is 241 g/mol. The summed E-state index contributed by atoms with van der Waals surface area (Å²) in [5.41, 5.74) is 0. The standard InChI is InChI=1S/C11H15NO3S/c1-3-12(7-11(14)15)10(13)6-9-5-4-8(2)16-9/h4-5H,3,6-7H2,1-2H3,(H,14,15). The first-order valence-electron chi connectivity index (χ1n) is 5.07. The largest absolute Gasteiger partial charge is 0.480 e. The van der Waals surface area contributed by atoms with Gasteiger partial charge >= 0.3 is 5.97 Å². The van der Waals surface area contributed by atoms with E-state index >= 15 is 0 Å². The number of carboxylic acids is 1. The first-order chi connectivity index (χ1) is 7.52. The van der Waals surface area contributed by atoms with E-state index in [2.05, 4.69) is 0 Å². The van der Waals surface area contributed by atoms with E-state index in [0.717, 1.165) is 9.75 Å². The van der Waals surface area contributed by atoms with Gasteiger partial charge in [0, 0.05) is 16.3 Å². The van der Waals surface area contributed by atoms with Crippen molar-refractivity contribution < 1.29 is 14.7 Å². The van der Waals surface area contributed by atoms with Crippen LogP contribution >= 0.6 is 11.3 Å². The number of hydrogen-bond acceptors (Lipinski definition) is 3. The van der Waals surface area contributed by atoms with Crippen LogP contribution in [0.1, 0.15) is 16.7 Å². The van der Waals surface area contributed by atoms with E-state index < -0.39 is 5.97 Å². The Morgan fingerprint density at radius 1 is 1.44 bits per heavy atom. The van der Waals surface area contributed by atoms with Gasteiger partial charge in [-0.15, -0.1) is 11.3 Å². The molecular weight excluding hydrogens is 226 g/mol. The summed E-state index contributed by atoms with van der Waals surface area (Å²) >= 11 is 1.57. The molecule has 1 aromatic rings. The lowest BCUT2D eigenvalue weighted by molar-refractivity contribution is -0.144. The van der Waals surface area contributed by atoms with Gasteiger partial charge in [0.05, 0.1) is 6.42 Å². The van der Waals surface area contributed by atoms with Crippen molar-refractivity contribution in [1.82, 2.24) is 4.90 Å². The molecule has 1 aromatic heterocycles. The lowest BCUT2D eigenvalue weighted by Gasteiger charge is -2.17. The molecule has 1 N–H and O–H groups in total. The maximum Gasteiger partial charge on any atom is 0.323 e. The third-order valence-electron chi connectivity index (χ3n) is 2.18. The van der Waals surface area contributed by atoms with E-state index in [1.165, 1.54) is 4.90 Å². The summed E-state index contributed by atoms with van der Waals surface area (Å²) in [4.78, 5) is 25.8. The smallest absolute Gasteiger partial charge is 0.323 e. The van der Waals surface area contributed by atoms with Gasteiger partial charge in [-0.2, -0.15) is 0 Å². The van der Waals surface area contributed by atoms with Crippen molar-refractivity contribution in [2.45, 2.75) is 20.3 Å². The van der Waals surface area contributed by atoms with Crippen LogP contribution in [0.5, 0.6) is 0 Å². The first-order valence-corrected chi connectivity index (χ1v) is 5.89. The normalized spacial score (nSPS) is 10.1. The Hall–Kier alpha value is -1.36. The predicted octanol–water partition coefficient (Wildman–Crippen LogP) is 1.53. The van der Waals surface area contributed by atoms with Crippen molar-refractivity contribution >= 4 is 23.2 Å². The number of thiophene rings is 1. The van der Waals surface area contributed by atoms with E-state index in [-0.39, 0.29) is 12.5 Å². The summed E-state index contributed by atoms with van der Waals surface area (Å²) in [5.74, 6) is -1.11. The summed E-state index contributed by atoms with van der Waals surface area (Å²) in [5, 5.41) is 8.64. The number of hydrogen-bond donors (Lipinski definition) is 1. The van der Waals surface area contributed by atoms with Crippen molar-refractivity contribution in [2.75, 3.05) is 13.1 Å². The molecule has 0 aliphatic rings. The molecule has 0 radical (unpaired) electrons. The van der Waals surface area contributed by atoms with Crippen LogP contribution in [0.3, 0.4) is 0 Å². The lowest BCUT2D eigenvalue weighted by Crippen LogP contribution is -2.36. The number of nitrogens with zero attached hydrogens (tertiary/aromatic N) is 1. The monoisotopic (exact) mass is 241 g/mol. The van der Waals surface area contributed by atoms with Crippen molar-refractivity contribution in [1.29, 1.82) is 0 Å². The van der Waals surface area contributed by atoms with Crippen LogP contribution < -0.4 is 0 Å². The fourth-order valence-corrected chi connectivity index (χ4v) is 2.26. The molecule has 4 nitrogen and oxygen atoms in total. The molecule has 0 saturated carbocycles. The van der Waals surface area contributed by atoms with E-state index in [4.69, 9.17) is 5.11 Å². The van der Waals surface area contributed by atoms with Gasteiger partial charge in [-0.3, -0.25) is 9.59 Å². The topological polar surface area (TPSA) is 57.6 Å². The zero-order valence-corrected chi connectivity index (χ0v) is 10.2. The molecule has 0 saturated heterocycles. The fraction of sp³-hybridized carbons (Fsp3) is 0.455. The number of amides is 1. The molecule has 1 heterocycles. The molecule has 1 amide bonds. The van der Waals surface area contributed by atoms with Crippen LogP contribution in [0.2, 0.25) is 0 Å². The highest BCUT2D eigenvalue weighted by Gasteiger charge is 2.15. The van der Waals surface area contributed by atoms with Gasteiger partial charge in [-0.1, -0.05) is 0 Å². The van der Waals surface area contributed by atoms with E-state index in [9.17, 15) is 9.59 Å². The van der Waals surface area contributed by atoms with Crippen LogP contribution in [0.15, 0.2) is 12.1 Å². The Kier molecular flexibility index (Phi) is 4.49. The van der Waals surface area contributed by atoms with Crippen molar-refractivity contribution in [2.24, 2.45) is 0 Å². The minimum atomic E-state index is -0.974. The van der Waals surface area contributed by atoms with Crippen LogP contribution in [0.25, 0.3) is 0 Å². The van der Waals surface area contributed by atoms with Crippen molar-refractivity contribution in [3.05, 3.63) is 21.9 Å². The molecule has 88 valence electrons. The molecule has 16 heavy (non-hydrogen) atoms. The maximum absolute atomic E-state index is 11.8. The number of carboxylic acid groups (broad SMARTS) is 1. The molecule has 1 rings (SSSR count). The van der Waals surface area contributed by atoms with E-state index in [0.29, 0.717) is 13.0 Å². The molecule has 0 unspecified atom stereocenters. The number of carbonyl (C=O) groups excluding carboxylic acids is 1. The molecule has 0 spiro atoms. The molecule has 0 aliphatic carbocycles. The van der Waals surface area contributed by atoms with Gasteiger partial charge in [0.25, 0.3) is 0 Å². The Morgan fingerprint density at radius 3 is 2.56 bits per heavy atom. The van der Waals surface area contributed by atoms with Crippen LogP contribution in [0, 0.1) is 6.92 Å². The third kappa shape index (κ3) is 3.66. The van der Waals surface area contributed by atoms with Crippen LogP contribution in [-0.4, -0.2) is 35.0 Å². The van der Waals surface area contributed by atoms with Gasteiger partial charge in [-0.25, -0.2) is 0 Å². The highest BCUT2D eigenvalue weighted by atomic mass is 32.1. The number of aliphatic carboxylic acids is 1.